The molecule has 2 aliphatic rings. The summed E-state index contributed by atoms with van der Waals surface area (Å²) in [7, 11) is 0. The maximum atomic E-state index is 4.94. The number of fused-ring (bicyclic) bond motifs is 1. The van der Waals surface area contributed by atoms with E-state index in [-0.39, 0.29) is 0 Å². The zero-order valence-electron chi connectivity index (χ0n) is 8.28. The Kier molecular flexibility index (Phi) is 2.05. The number of rotatable bonds is 3. The van der Waals surface area contributed by atoms with Crippen LogP contribution in [0.1, 0.15) is 31.4 Å². The van der Waals surface area contributed by atoms with E-state index in [2.05, 4.69) is 10.3 Å². The molecule has 0 radical (unpaired) electrons. The van der Waals surface area contributed by atoms with E-state index >= 15 is 0 Å². The van der Waals surface area contributed by atoms with Gasteiger partial charge in [0, 0.05) is 12.6 Å². The molecule has 2 aliphatic carbocycles. The van der Waals surface area contributed by atoms with E-state index in [0.29, 0.717) is 0 Å². The topological polar surface area (TPSA) is 38.1 Å². The van der Waals surface area contributed by atoms with Gasteiger partial charge in [-0.15, -0.1) is 0 Å². The van der Waals surface area contributed by atoms with Crippen LogP contribution < -0.4 is 5.32 Å². The molecular formula is C11H16N2O. The van der Waals surface area contributed by atoms with Crippen LogP contribution in [-0.4, -0.2) is 11.0 Å². The van der Waals surface area contributed by atoms with Gasteiger partial charge in [-0.3, -0.25) is 0 Å². The quantitative estimate of drug-likeness (QED) is 0.795. The van der Waals surface area contributed by atoms with Crippen LogP contribution in [0.5, 0.6) is 0 Å². The van der Waals surface area contributed by atoms with Gasteiger partial charge in [0.05, 0.1) is 5.69 Å². The predicted octanol–water partition coefficient (Wildman–Crippen LogP) is 1.95. The number of aromatic nitrogens is 1. The van der Waals surface area contributed by atoms with Gasteiger partial charge in [0.15, 0.2) is 6.39 Å². The molecule has 76 valence electrons. The van der Waals surface area contributed by atoms with Crippen molar-refractivity contribution in [2.75, 3.05) is 0 Å². The summed E-state index contributed by atoms with van der Waals surface area (Å²) in [6.07, 6.45) is 8.89. The molecule has 0 aromatic carbocycles. The van der Waals surface area contributed by atoms with Crippen molar-refractivity contribution >= 4 is 0 Å². The van der Waals surface area contributed by atoms with Crippen LogP contribution in [-0.2, 0) is 6.54 Å². The van der Waals surface area contributed by atoms with Crippen LogP contribution in [0.2, 0.25) is 0 Å². The van der Waals surface area contributed by atoms with Gasteiger partial charge >= 0.3 is 0 Å². The first-order valence-electron chi connectivity index (χ1n) is 5.54. The normalized spacial score (nSPS) is 35.3. The molecule has 0 aliphatic heterocycles. The lowest BCUT2D eigenvalue weighted by atomic mass is 9.95. The summed E-state index contributed by atoms with van der Waals surface area (Å²) in [4.78, 5) is 4.11. The Morgan fingerprint density at radius 1 is 1.50 bits per heavy atom. The van der Waals surface area contributed by atoms with Crippen LogP contribution >= 0.6 is 0 Å². The van der Waals surface area contributed by atoms with Crippen molar-refractivity contribution < 1.29 is 4.42 Å². The van der Waals surface area contributed by atoms with E-state index in [1.54, 1.807) is 6.26 Å². The fourth-order valence-electron chi connectivity index (χ4n) is 2.72. The number of nitrogens with zero attached hydrogens (tertiary/aromatic N) is 1. The van der Waals surface area contributed by atoms with Gasteiger partial charge in [-0.2, -0.15) is 0 Å². The lowest BCUT2D eigenvalue weighted by molar-refractivity contribution is 0.351. The second kappa shape index (κ2) is 3.39. The van der Waals surface area contributed by atoms with Crippen LogP contribution in [0.25, 0.3) is 0 Å². The van der Waals surface area contributed by atoms with Crippen molar-refractivity contribution in [1.29, 1.82) is 0 Å². The molecule has 1 aromatic rings. The fourth-order valence-corrected chi connectivity index (χ4v) is 2.72. The molecule has 0 spiro atoms. The molecule has 3 rings (SSSR count). The van der Waals surface area contributed by atoms with Gasteiger partial charge in [0.1, 0.15) is 6.26 Å². The Morgan fingerprint density at radius 2 is 2.50 bits per heavy atom. The van der Waals surface area contributed by atoms with Gasteiger partial charge in [-0.25, -0.2) is 4.98 Å². The molecule has 0 amide bonds. The summed E-state index contributed by atoms with van der Waals surface area (Å²) in [5, 5.41) is 3.59. The Balaban J connectivity index is 1.52. The molecule has 3 heteroatoms. The van der Waals surface area contributed by atoms with Crippen LogP contribution in [0.3, 0.4) is 0 Å². The predicted molar refractivity (Wildman–Crippen MR) is 52.6 cm³/mol. The summed E-state index contributed by atoms with van der Waals surface area (Å²) < 4.78 is 4.94. The van der Waals surface area contributed by atoms with Crippen molar-refractivity contribution in [1.82, 2.24) is 10.3 Å². The van der Waals surface area contributed by atoms with Crippen LogP contribution in [0.4, 0.5) is 0 Å². The number of oxazole rings is 1. The van der Waals surface area contributed by atoms with Crippen molar-refractivity contribution in [2.24, 2.45) is 11.8 Å². The minimum atomic E-state index is 0.741. The smallest absolute Gasteiger partial charge is 0.180 e. The largest absolute Gasteiger partial charge is 0.451 e. The summed E-state index contributed by atoms with van der Waals surface area (Å²) in [6.45, 7) is 0.865. The summed E-state index contributed by atoms with van der Waals surface area (Å²) in [5.74, 6) is 2.01. The van der Waals surface area contributed by atoms with Gasteiger partial charge in [0.2, 0.25) is 0 Å². The molecule has 0 bridgehead atoms. The Labute approximate surface area is 83.9 Å². The first kappa shape index (κ1) is 8.48. The van der Waals surface area contributed by atoms with E-state index in [0.717, 1.165) is 30.1 Å². The SMILES string of the molecule is c1nc(CNC2CCC[C@@H]3C[C@H]23)co1. The highest BCUT2D eigenvalue weighted by molar-refractivity contribution is 5.00. The highest BCUT2D eigenvalue weighted by Gasteiger charge is 2.44. The number of nitrogens with one attached hydrogen (secondary N) is 1. The van der Waals surface area contributed by atoms with Gasteiger partial charge in [0.25, 0.3) is 0 Å². The number of hydrogen-bond acceptors (Lipinski definition) is 3. The van der Waals surface area contributed by atoms with Crippen molar-refractivity contribution in [3.63, 3.8) is 0 Å². The van der Waals surface area contributed by atoms with E-state index < -0.39 is 0 Å². The molecule has 0 saturated heterocycles. The maximum Gasteiger partial charge on any atom is 0.180 e. The van der Waals surface area contributed by atoms with Crippen molar-refractivity contribution in [3.8, 4) is 0 Å². The Morgan fingerprint density at radius 3 is 3.36 bits per heavy atom. The van der Waals surface area contributed by atoms with E-state index in [4.69, 9.17) is 4.42 Å². The third kappa shape index (κ3) is 1.57. The number of hydrogen-bond donors (Lipinski definition) is 1. The highest BCUT2D eigenvalue weighted by atomic mass is 16.3. The van der Waals surface area contributed by atoms with E-state index in [9.17, 15) is 0 Å². The molecule has 1 N–H and O–H groups in total. The fraction of sp³-hybridized carbons (Fsp3) is 0.727. The van der Waals surface area contributed by atoms with Gasteiger partial charge < -0.3 is 9.73 Å². The lowest BCUT2D eigenvalue weighted by Crippen LogP contribution is -2.33. The molecule has 1 unspecified atom stereocenters. The molecule has 3 atom stereocenters. The highest BCUT2D eigenvalue weighted by Crippen LogP contribution is 2.49. The minimum absolute atomic E-state index is 0.741. The summed E-state index contributed by atoms with van der Waals surface area (Å²) in [6, 6.07) is 0.741. The molecule has 1 aromatic heterocycles. The first-order valence-corrected chi connectivity index (χ1v) is 5.54. The first-order chi connectivity index (χ1) is 6.93. The minimum Gasteiger partial charge on any atom is -0.451 e. The molecule has 14 heavy (non-hydrogen) atoms. The zero-order valence-corrected chi connectivity index (χ0v) is 8.28. The molecule has 2 saturated carbocycles. The third-order valence-corrected chi connectivity index (χ3v) is 3.61. The Hall–Kier alpha value is -0.830. The van der Waals surface area contributed by atoms with Gasteiger partial charge in [-0.1, -0.05) is 12.8 Å². The second-order valence-corrected chi connectivity index (χ2v) is 4.56. The molecular weight excluding hydrogens is 176 g/mol. The van der Waals surface area contributed by atoms with E-state index in [1.165, 1.54) is 32.1 Å². The third-order valence-electron chi connectivity index (χ3n) is 3.61. The average molecular weight is 192 g/mol. The monoisotopic (exact) mass is 192 g/mol. The van der Waals surface area contributed by atoms with Crippen LogP contribution in [0.15, 0.2) is 17.1 Å². The maximum absolute atomic E-state index is 4.94. The standard InChI is InChI=1S/C11H16N2O/c1-2-8-4-10(8)11(3-1)12-5-9-6-14-7-13-9/h6-8,10-12H,1-5H2/t8-,10+,11?/m1/s1. The average Bonchev–Trinajstić information content (AvgIpc) is 2.83. The van der Waals surface area contributed by atoms with E-state index in [1.807, 2.05) is 0 Å². The molecule has 1 heterocycles. The van der Waals surface area contributed by atoms with Crippen molar-refractivity contribution in [3.05, 3.63) is 18.4 Å². The van der Waals surface area contributed by atoms with Gasteiger partial charge in [-0.05, 0) is 24.7 Å². The second-order valence-electron chi connectivity index (χ2n) is 4.56. The lowest BCUT2D eigenvalue weighted by Gasteiger charge is -2.22. The zero-order chi connectivity index (χ0) is 9.38. The molecule has 2 fully saturated rings. The molecule has 3 nitrogen and oxygen atoms in total. The van der Waals surface area contributed by atoms with Crippen molar-refractivity contribution in [2.45, 2.75) is 38.3 Å². The summed E-state index contributed by atoms with van der Waals surface area (Å²) in [5.41, 5.74) is 1.02. The van der Waals surface area contributed by atoms with Crippen LogP contribution in [0, 0.1) is 11.8 Å². The summed E-state index contributed by atoms with van der Waals surface area (Å²) >= 11 is 0. The Bertz CT molecular complexity index is 296.